The van der Waals surface area contributed by atoms with Crippen LogP contribution in [0.2, 0.25) is 0 Å². The number of hydrogen-bond acceptors (Lipinski definition) is 3. The molecule has 1 aliphatic rings. The van der Waals surface area contributed by atoms with Crippen LogP contribution in [0.3, 0.4) is 0 Å². The summed E-state index contributed by atoms with van der Waals surface area (Å²) in [5, 5.41) is 9.21. The fraction of sp³-hybridized carbons (Fsp3) is 0.150. The van der Waals surface area contributed by atoms with Crippen molar-refractivity contribution >= 4 is 23.3 Å². The van der Waals surface area contributed by atoms with Gasteiger partial charge in [-0.05, 0) is 35.9 Å². The van der Waals surface area contributed by atoms with Crippen LogP contribution < -0.4 is 10.6 Å². The molecule has 3 aromatic rings. The SMILES string of the molecule is O=C1C[C@@H](C(=O)Nc2cccc(C(F)(F)F)c2)n2ncc(-c3ccc(F)cc3)c2N1. The van der Waals surface area contributed by atoms with E-state index < -0.39 is 35.4 Å². The van der Waals surface area contributed by atoms with Crippen LogP contribution in [0, 0.1) is 5.82 Å². The Bertz CT molecular complexity index is 1120. The zero-order valence-corrected chi connectivity index (χ0v) is 15.2. The Morgan fingerprint density at radius 2 is 1.90 bits per heavy atom. The molecule has 1 aliphatic heterocycles. The monoisotopic (exact) mass is 418 g/mol. The lowest BCUT2D eigenvalue weighted by Gasteiger charge is -2.24. The molecular formula is C20H14F4N4O2. The quantitative estimate of drug-likeness (QED) is 0.625. The summed E-state index contributed by atoms with van der Waals surface area (Å²) < 4.78 is 53.2. The summed E-state index contributed by atoms with van der Waals surface area (Å²) in [7, 11) is 0. The molecule has 0 saturated carbocycles. The average Bonchev–Trinajstić information content (AvgIpc) is 3.11. The number of nitrogens with zero attached hydrogens (tertiary/aromatic N) is 2. The van der Waals surface area contributed by atoms with E-state index in [2.05, 4.69) is 15.7 Å². The number of nitrogens with one attached hydrogen (secondary N) is 2. The van der Waals surface area contributed by atoms with Crippen molar-refractivity contribution in [3.63, 3.8) is 0 Å². The fourth-order valence-electron chi connectivity index (χ4n) is 3.21. The molecule has 0 radical (unpaired) electrons. The Balaban J connectivity index is 1.63. The molecule has 2 heterocycles. The van der Waals surface area contributed by atoms with Crippen LogP contribution in [0.1, 0.15) is 18.0 Å². The highest BCUT2D eigenvalue weighted by atomic mass is 19.4. The van der Waals surface area contributed by atoms with Gasteiger partial charge >= 0.3 is 6.18 Å². The number of rotatable bonds is 3. The maximum Gasteiger partial charge on any atom is 0.416 e. The van der Waals surface area contributed by atoms with Gasteiger partial charge in [-0.25, -0.2) is 9.07 Å². The second-order valence-electron chi connectivity index (χ2n) is 6.69. The highest BCUT2D eigenvalue weighted by molar-refractivity contribution is 6.03. The first-order chi connectivity index (χ1) is 14.2. The van der Waals surface area contributed by atoms with E-state index in [0.29, 0.717) is 11.1 Å². The number of benzene rings is 2. The van der Waals surface area contributed by atoms with E-state index in [1.54, 1.807) is 0 Å². The van der Waals surface area contributed by atoms with E-state index >= 15 is 0 Å². The first-order valence-corrected chi connectivity index (χ1v) is 8.84. The van der Waals surface area contributed by atoms with Gasteiger partial charge in [-0.15, -0.1) is 0 Å². The third-order valence-electron chi connectivity index (χ3n) is 4.64. The maximum atomic E-state index is 13.2. The van der Waals surface area contributed by atoms with Crippen LogP contribution in [0.4, 0.5) is 29.1 Å². The van der Waals surface area contributed by atoms with Gasteiger partial charge in [0.1, 0.15) is 17.7 Å². The number of alkyl halides is 3. The van der Waals surface area contributed by atoms with Crippen LogP contribution in [0.15, 0.2) is 54.7 Å². The van der Waals surface area contributed by atoms with Gasteiger partial charge in [-0.3, -0.25) is 9.59 Å². The smallest absolute Gasteiger partial charge is 0.324 e. The molecule has 2 aromatic carbocycles. The topological polar surface area (TPSA) is 76.0 Å². The lowest BCUT2D eigenvalue weighted by atomic mass is 10.1. The van der Waals surface area contributed by atoms with Crippen molar-refractivity contribution in [2.45, 2.75) is 18.6 Å². The van der Waals surface area contributed by atoms with Gasteiger partial charge in [0.25, 0.3) is 0 Å². The van der Waals surface area contributed by atoms with Crippen LogP contribution in [0.25, 0.3) is 11.1 Å². The summed E-state index contributed by atoms with van der Waals surface area (Å²) in [5.74, 6) is -1.31. The Hall–Kier alpha value is -3.69. The van der Waals surface area contributed by atoms with E-state index in [1.807, 2.05) is 0 Å². The zero-order valence-electron chi connectivity index (χ0n) is 15.2. The number of carbonyl (C=O) groups is 2. The Kier molecular flexibility index (Phi) is 4.76. The van der Waals surface area contributed by atoms with Crippen LogP contribution in [-0.4, -0.2) is 21.6 Å². The molecule has 0 unspecified atom stereocenters. The second kappa shape index (κ2) is 7.29. The van der Waals surface area contributed by atoms with Crippen LogP contribution >= 0.6 is 0 Å². The molecule has 0 fully saturated rings. The fourth-order valence-corrected chi connectivity index (χ4v) is 3.21. The number of anilines is 2. The van der Waals surface area contributed by atoms with Gasteiger partial charge < -0.3 is 10.6 Å². The molecule has 154 valence electrons. The molecule has 1 aromatic heterocycles. The maximum absolute atomic E-state index is 13.2. The molecule has 4 rings (SSSR count). The Morgan fingerprint density at radius 3 is 2.60 bits per heavy atom. The molecule has 30 heavy (non-hydrogen) atoms. The zero-order chi connectivity index (χ0) is 21.5. The van der Waals surface area contributed by atoms with Crippen molar-refractivity contribution in [3.05, 3.63) is 66.1 Å². The number of carbonyl (C=O) groups excluding carboxylic acids is 2. The summed E-state index contributed by atoms with van der Waals surface area (Å²) in [6, 6.07) is 8.67. The minimum atomic E-state index is -4.55. The van der Waals surface area contributed by atoms with Gasteiger partial charge in [-0.1, -0.05) is 18.2 Å². The molecule has 0 aliphatic carbocycles. The van der Waals surface area contributed by atoms with E-state index in [-0.39, 0.29) is 17.9 Å². The summed E-state index contributed by atoms with van der Waals surface area (Å²) in [6.45, 7) is 0. The standard InChI is InChI=1S/C20H14F4N4O2/c21-13-6-4-11(5-7-13)15-10-25-28-16(9-17(29)27-18(15)28)19(30)26-14-3-1-2-12(8-14)20(22,23)24/h1-8,10,16H,9H2,(H,26,30)(H,27,29)/t16-/m0/s1. The number of amides is 2. The first-order valence-electron chi connectivity index (χ1n) is 8.84. The van der Waals surface area contributed by atoms with Gasteiger partial charge in [0.05, 0.1) is 18.2 Å². The van der Waals surface area contributed by atoms with Gasteiger partial charge in [0.2, 0.25) is 11.8 Å². The van der Waals surface area contributed by atoms with E-state index in [1.165, 1.54) is 47.3 Å². The Labute approximate surface area is 167 Å². The van der Waals surface area contributed by atoms with E-state index in [9.17, 15) is 27.2 Å². The Morgan fingerprint density at radius 1 is 1.17 bits per heavy atom. The van der Waals surface area contributed by atoms with E-state index in [4.69, 9.17) is 0 Å². The van der Waals surface area contributed by atoms with Gasteiger partial charge in [0, 0.05) is 11.3 Å². The van der Waals surface area contributed by atoms with Crippen molar-refractivity contribution < 1.29 is 27.2 Å². The number of halogens is 4. The van der Waals surface area contributed by atoms with Crippen molar-refractivity contribution in [1.82, 2.24) is 9.78 Å². The van der Waals surface area contributed by atoms with Crippen LogP contribution in [-0.2, 0) is 15.8 Å². The van der Waals surface area contributed by atoms with Crippen molar-refractivity contribution in [2.24, 2.45) is 0 Å². The predicted octanol–water partition coefficient (Wildman–Crippen LogP) is 4.23. The van der Waals surface area contributed by atoms with Crippen molar-refractivity contribution in [1.29, 1.82) is 0 Å². The van der Waals surface area contributed by atoms with Crippen molar-refractivity contribution in [3.8, 4) is 11.1 Å². The summed E-state index contributed by atoms with van der Waals surface area (Å²) in [4.78, 5) is 24.9. The molecule has 2 amide bonds. The van der Waals surface area contributed by atoms with Crippen molar-refractivity contribution in [2.75, 3.05) is 10.6 Å². The van der Waals surface area contributed by atoms with Gasteiger partial charge in [-0.2, -0.15) is 18.3 Å². The molecule has 0 bridgehead atoms. The molecule has 6 nitrogen and oxygen atoms in total. The summed E-state index contributed by atoms with van der Waals surface area (Å²) in [5.41, 5.74) is 0.116. The predicted molar refractivity (Wildman–Crippen MR) is 100.0 cm³/mol. The molecule has 1 atom stereocenters. The highest BCUT2D eigenvalue weighted by Crippen LogP contribution is 2.35. The average molecular weight is 418 g/mol. The third-order valence-corrected chi connectivity index (χ3v) is 4.64. The molecule has 10 heteroatoms. The first kappa shape index (κ1) is 19.6. The van der Waals surface area contributed by atoms with Gasteiger partial charge in [0.15, 0.2) is 0 Å². The molecule has 0 saturated heterocycles. The normalized spacial score (nSPS) is 16.0. The number of aromatic nitrogens is 2. The number of fused-ring (bicyclic) bond motifs is 1. The molecule has 0 spiro atoms. The number of hydrogen-bond donors (Lipinski definition) is 2. The second-order valence-corrected chi connectivity index (χ2v) is 6.69. The van der Waals surface area contributed by atoms with Crippen LogP contribution in [0.5, 0.6) is 0 Å². The summed E-state index contributed by atoms with van der Waals surface area (Å²) in [6.07, 6.45) is -3.36. The minimum Gasteiger partial charge on any atom is -0.324 e. The molecular weight excluding hydrogens is 404 g/mol. The third kappa shape index (κ3) is 3.76. The largest absolute Gasteiger partial charge is 0.416 e. The minimum absolute atomic E-state index is 0.0479. The molecule has 2 N–H and O–H groups in total. The summed E-state index contributed by atoms with van der Waals surface area (Å²) >= 11 is 0. The highest BCUT2D eigenvalue weighted by Gasteiger charge is 2.34. The lowest BCUT2D eigenvalue weighted by molar-refractivity contribution is -0.137. The lowest BCUT2D eigenvalue weighted by Crippen LogP contribution is -2.35. The van der Waals surface area contributed by atoms with E-state index in [0.717, 1.165) is 12.1 Å².